The highest BCUT2D eigenvalue weighted by atomic mass is 19.1. The van der Waals surface area contributed by atoms with E-state index in [1.54, 1.807) is 31.7 Å². The van der Waals surface area contributed by atoms with Crippen LogP contribution in [-0.2, 0) is 9.53 Å². The van der Waals surface area contributed by atoms with Crippen molar-refractivity contribution in [3.63, 3.8) is 0 Å². The second kappa shape index (κ2) is 12.3. The van der Waals surface area contributed by atoms with Gasteiger partial charge in [0.15, 0.2) is 17.4 Å². The Balaban J connectivity index is 1.75. The van der Waals surface area contributed by atoms with Crippen molar-refractivity contribution in [2.24, 2.45) is 0 Å². The zero-order valence-electron chi connectivity index (χ0n) is 27.4. The molecule has 5 rings (SSSR count). The number of hydroxylamine groups is 1. The highest BCUT2D eigenvalue weighted by molar-refractivity contribution is 6.09. The van der Waals surface area contributed by atoms with Gasteiger partial charge in [0.05, 0.1) is 28.2 Å². The highest BCUT2D eigenvalue weighted by Crippen LogP contribution is 2.42. The molecule has 0 saturated carbocycles. The molecule has 2 aliphatic heterocycles. The van der Waals surface area contributed by atoms with Crippen LogP contribution in [0.4, 0.5) is 20.8 Å². The van der Waals surface area contributed by atoms with Crippen molar-refractivity contribution < 1.29 is 23.9 Å². The van der Waals surface area contributed by atoms with Crippen molar-refractivity contribution in [2.75, 3.05) is 29.6 Å². The second-order valence-electron chi connectivity index (χ2n) is 13.2. The van der Waals surface area contributed by atoms with Crippen LogP contribution in [0.15, 0.2) is 52.5 Å². The molecule has 0 bridgehead atoms. The average Bonchev–Trinajstić information content (AvgIpc) is 2.97. The summed E-state index contributed by atoms with van der Waals surface area (Å²) in [6, 6.07) is -0.359. The Bertz CT molecular complexity index is 1740. The Hall–Kier alpha value is -4.65. The van der Waals surface area contributed by atoms with E-state index < -0.39 is 34.7 Å². The lowest BCUT2D eigenvalue weighted by molar-refractivity contribution is -0.111. The Morgan fingerprint density at radius 1 is 1.04 bits per heavy atom. The van der Waals surface area contributed by atoms with Crippen molar-refractivity contribution in [2.45, 2.75) is 78.9 Å². The minimum atomic E-state index is -0.885. The summed E-state index contributed by atoms with van der Waals surface area (Å²) in [5.41, 5.74) is -0.385. The largest absolute Gasteiger partial charge is 0.444 e. The molecule has 1 saturated heterocycles. The van der Waals surface area contributed by atoms with Gasteiger partial charge >= 0.3 is 11.8 Å². The molecule has 0 aromatic carbocycles. The van der Waals surface area contributed by atoms with Gasteiger partial charge in [0.25, 0.3) is 0 Å². The second-order valence-corrected chi connectivity index (χ2v) is 13.2. The van der Waals surface area contributed by atoms with E-state index in [4.69, 9.17) is 4.74 Å². The molecule has 0 radical (unpaired) electrons. The number of carbonyl (C=O) groups is 2. The van der Waals surface area contributed by atoms with Crippen molar-refractivity contribution in [1.29, 1.82) is 0 Å². The van der Waals surface area contributed by atoms with E-state index in [0.29, 0.717) is 22.1 Å². The Morgan fingerprint density at radius 3 is 2.24 bits per heavy atom. The van der Waals surface area contributed by atoms with Crippen molar-refractivity contribution in [3.05, 3.63) is 75.2 Å². The molecule has 1 amide bonds. The van der Waals surface area contributed by atoms with Gasteiger partial charge in [0.1, 0.15) is 23.4 Å². The molecule has 13 heteroatoms. The van der Waals surface area contributed by atoms with E-state index in [9.17, 15) is 19.6 Å². The fraction of sp³-hybridized carbons (Fsp3) is 0.455. The van der Waals surface area contributed by atoms with Crippen LogP contribution in [0.25, 0.3) is 11.8 Å². The molecule has 3 aliphatic rings. The normalized spacial score (nSPS) is 20.1. The first kappa shape index (κ1) is 32.7. The smallest absolute Gasteiger partial charge is 0.410 e. The fourth-order valence-corrected chi connectivity index (χ4v) is 5.82. The Kier molecular flexibility index (Phi) is 8.73. The molecule has 1 aliphatic carbocycles. The Labute approximate surface area is 267 Å². The van der Waals surface area contributed by atoms with Crippen LogP contribution in [-0.4, -0.2) is 72.8 Å². The zero-order chi connectivity index (χ0) is 33.7. The fourth-order valence-electron chi connectivity index (χ4n) is 5.82. The number of halogens is 1. The summed E-state index contributed by atoms with van der Waals surface area (Å²) >= 11 is 0. The predicted octanol–water partition coefficient (Wildman–Crippen LogP) is 5.18. The number of carbonyl (C=O) groups excluding carboxylic acids is 2. The summed E-state index contributed by atoms with van der Waals surface area (Å²) in [6.45, 7) is 15.7. The number of anilines is 2. The van der Waals surface area contributed by atoms with Gasteiger partial charge in [0, 0.05) is 25.7 Å². The van der Waals surface area contributed by atoms with Crippen LogP contribution in [0.5, 0.6) is 0 Å². The van der Waals surface area contributed by atoms with E-state index in [0.717, 1.165) is 0 Å². The number of hydrogen-bond donors (Lipinski definition) is 1. The van der Waals surface area contributed by atoms with Gasteiger partial charge in [-0.15, -0.1) is 0 Å². The van der Waals surface area contributed by atoms with Gasteiger partial charge in [-0.1, -0.05) is 39.8 Å². The lowest BCUT2D eigenvalue weighted by atomic mass is 9.98. The number of hydrogen-bond acceptors (Lipinski definition) is 10. The van der Waals surface area contributed by atoms with Gasteiger partial charge in [-0.05, 0) is 57.8 Å². The topological polar surface area (TPSA) is 134 Å². The first-order chi connectivity index (χ1) is 21.6. The summed E-state index contributed by atoms with van der Waals surface area (Å²) in [7, 11) is 0. The quantitative estimate of drug-likeness (QED) is 0.449. The third-order valence-electron chi connectivity index (χ3n) is 7.89. The van der Waals surface area contributed by atoms with Crippen LogP contribution in [0.3, 0.4) is 0 Å². The molecule has 46 heavy (non-hydrogen) atoms. The molecule has 2 aromatic heterocycles. The Morgan fingerprint density at radius 2 is 1.67 bits per heavy atom. The maximum Gasteiger partial charge on any atom is 0.410 e. The number of nitrogens with zero attached hydrogens (tertiary/aromatic N) is 7. The van der Waals surface area contributed by atoms with E-state index >= 15 is 4.39 Å². The minimum absolute atomic E-state index is 0.0846. The SMILES string of the molecule is CC(C)c1ncnc(C(C)C)c1-n1c2c(c(N3CCN(C(=O)OC(C)(C)C)C[C@@H]3C)nc1=O)C=C(F)C(=C1C=CC=CC1=O)N2O. The molecule has 1 atom stereocenters. The molecule has 4 heterocycles. The monoisotopic (exact) mass is 633 g/mol. The van der Waals surface area contributed by atoms with Crippen LogP contribution in [0.1, 0.15) is 84.2 Å². The van der Waals surface area contributed by atoms with Crippen LogP contribution >= 0.6 is 0 Å². The number of rotatable bonds is 4. The number of fused-ring (bicyclic) bond motifs is 1. The summed E-state index contributed by atoms with van der Waals surface area (Å²) in [4.78, 5) is 56.8. The van der Waals surface area contributed by atoms with E-state index in [2.05, 4.69) is 15.0 Å². The van der Waals surface area contributed by atoms with Crippen LogP contribution in [0, 0.1) is 0 Å². The van der Waals surface area contributed by atoms with E-state index in [1.165, 1.54) is 35.2 Å². The highest BCUT2D eigenvalue weighted by Gasteiger charge is 2.38. The lowest BCUT2D eigenvalue weighted by Crippen LogP contribution is -2.55. The van der Waals surface area contributed by atoms with Crippen molar-refractivity contribution in [3.8, 4) is 5.69 Å². The lowest BCUT2D eigenvalue weighted by Gasteiger charge is -2.42. The molecule has 1 N–H and O–H groups in total. The molecule has 1 fully saturated rings. The van der Waals surface area contributed by atoms with Gasteiger partial charge in [-0.2, -0.15) is 4.98 Å². The minimum Gasteiger partial charge on any atom is -0.444 e. The number of allylic oxidation sites excluding steroid dienone is 6. The maximum absolute atomic E-state index is 16.1. The summed E-state index contributed by atoms with van der Waals surface area (Å²) in [5.74, 6) is -1.68. The average molecular weight is 634 g/mol. The molecular weight excluding hydrogens is 593 g/mol. The molecule has 0 unspecified atom stereocenters. The first-order valence-electron chi connectivity index (χ1n) is 15.4. The molecular formula is C33H40FN7O5. The van der Waals surface area contributed by atoms with Gasteiger partial charge in [-0.3, -0.25) is 10.0 Å². The predicted molar refractivity (Wildman–Crippen MR) is 172 cm³/mol. The van der Waals surface area contributed by atoms with E-state index in [1.807, 2.05) is 39.5 Å². The summed E-state index contributed by atoms with van der Waals surface area (Å²) in [5, 5.41) is 12.4. The summed E-state index contributed by atoms with van der Waals surface area (Å²) in [6.07, 6.45) is 7.92. The van der Waals surface area contributed by atoms with Crippen LogP contribution < -0.4 is 15.7 Å². The third-order valence-corrected chi connectivity index (χ3v) is 7.89. The van der Waals surface area contributed by atoms with Gasteiger partial charge in [0.2, 0.25) is 0 Å². The molecule has 2 aromatic rings. The maximum atomic E-state index is 16.1. The molecule has 244 valence electrons. The third kappa shape index (κ3) is 5.98. The van der Waals surface area contributed by atoms with Crippen molar-refractivity contribution >= 4 is 29.6 Å². The van der Waals surface area contributed by atoms with Gasteiger partial charge < -0.3 is 14.5 Å². The summed E-state index contributed by atoms with van der Waals surface area (Å²) < 4.78 is 22.9. The number of ether oxygens (including phenoxy) is 1. The van der Waals surface area contributed by atoms with E-state index in [-0.39, 0.29) is 60.3 Å². The molecule has 12 nitrogen and oxygen atoms in total. The molecule has 0 spiro atoms. The number of amides is 1. The van der Waals surface area contributed by atoms with Crippen molar-refractivity contribution in [1.82, 2.24) is 24.4 Å². The van der Waals surface area contributed by atoms with Gasteiger partial charge in [-0.25, -0.2) is 33.6 Å². The number of piperazine rings is 1. The standard InChI is InChI=1S/C33H40FN7O5/c1-18(2)25-28(26(19(3)4)36-17-35-25)40-30-22(15-23(34)27(41(30)45)21-11-9-10-12-24(21)42)29(37-31(40)43)39-14-13-38(16-20(39)5)32(44)46-33(6,7)8/h9-12,15,17-20,45H,13-14,16H2,1-8H3/t20-/m0/s1. The number of aromatic nitrogens is 4. The first-order valence-corrected chi connectivity index (χ1v) is 15.4. The number of ketones is 1. The van der Waals surface area contributed by atoms with Crippen LogP contribution in [0.2, 0.25) is 0 Å². The zero-order valence-corrected chi connectivity index (χ0v) is 27.4.